The van der Waals surface area contributed by atoms with E-state index in [0.29, 0.717) is 11.8 Å². The van der Waals surface area contributed by atoms with E-state index < -0.39 is 0 Å². The summed E-state index contributed by atoms with van der Waals surface area (Å²) < 4.78 is 9.21. The Morgan fingerprint density at radius 3 is 1.77 bits per heavy atom. The summed E-state index contributed by atoms with van der Waals surface area (Å²) in [6.45, 7) is 2.29. The Balaban J connectivity index is 0.979. The third-order valence-electron chi connectivity index (χ3n) is 12.1. The Kier molecular flexibility index (Phi) is 8.86. The number of furan rings is 1. The lowest BCUT2D eigenvalue weighted by Gasteiger charge is -2.26. The Bertz CT molecular complexity index is 3190. The molecule has 60 heavy (non-hydrogen) atoms. The predicted octanol–water partition coefficient (Wildman–Crippen LogP) is 15.8. The molecule has 0 amide bonds. The van der Waals surface area contributed by atoms with Crippen LogP contribution in [-0.4, -0.2) is 4.57 Å². The van der Waals surface area contributed by atoms with Gasteiger partial charge in [-0.3, -0.25) is 0 Å². The summed E-state index contributed by atoms with van der Waals surface area (Å²) in [5.41, 5.74) is 16.7. The molecule has 0 bridgehead atoms. The first-order chi connectivity index (χ1) is 29.7. The summed E-state index contributed by atoms with van der Waals surface area (Å²) in [6.07, 6.45) is 8.91. The molecule has 1 aliphatic carbocycles. The molecule has 11 rings (SSSR count). The van der Waals surface area contributed by atoms with E-state index in [4.69, 9.17) is 4.42 Å². The number of benzene rings is 8. The van der Waals surface area contributed by atoms with Gasteiger partial charge in [0.25, 0.3) is 0 Å². The minimum absolute atomic E-state index is 0.410. The summed E-state index contributed by atoms with van der Waals surface area (Å²) >= 11 is 0. The van der Waals surface area contributed by atoms with E-state index in [-0.39, 0.29) is 0 Å². The summed E-state index contributed by atoms with van der Waals surface area (Å²) in [5, 5.41) is 2.20. The molecule has 3 nitrogen and oxygen atoms in total. The number of anilines is 3. The van der Waals surface area contributed by atoms with E-state index >= 15 is 0 Å². The molecule has 8 aromatic carbocycles. The van der Waals surface area contributed by atoms with Crippen LogP contribution in [0.3, 0.4) is 0 Å². The lowest BCUT2D eigenvalue weighted by Crippen LogP contribution is -2.10. The van der Waals surface area contributed by atoms with Gasteiger partial charge in [-0.2, -0.15) is 0 Å². The largest absolute Gasteiger partial charge is 0.453 e. The highest BCUT2D eigenvalue weighted by Crippen LogP contribution is 2.43. The number of allylic oxidation sites excluding steroid dienone is 4. The maximum absolute atomic E-state index is 6.88. The Morgan fingerprint density at radius 2 is 1.03 bits per heavy atom. The number of fused-ring (bicyclic) bond motifs is 5. The average molecular weight is 771 g/mol. The van der Waals surface area contributed by atoms with E-state index in [1.807, 2.05) is 0 Å². The molecule has 0 radical (unpaired) electrons. The summed E-state index contributed by atoms with van der Waals surface area (Å²) in [4.78, 5) is 2.35. The van der Waals surface area contributed by atoms with Crippen molar-refractivity contribution in [3.63, 3.8) is 0 Å². The molecule has 0 aliphatic heterocycles. The van der Waals surface area contributed by atoms with Crippen LogP contribution < -0.4 is 4.90 Å². The van der Waals surface area contributed by atoms with Crippen LogP contribution >= 0.6 is 0 Å². The van der Waals surface area contributed by atoms with Crippen molar-refractivity contribution >= 4 is 50.0 Å². The standard InChI is InChI=1S/C57H42N2O/c1-39-14-8-9-21-50(39)43-28-26-41(27-29-43)42-30-34-47(35-31-42)58(49-20-12-17-45(38-49)40-15-4-2-5-16-40)48-36-32-44(33-37-48)51-23-13-24-53-55-57(60-56(51)53)52-22-10-11-25-54(52)59(55)46-18-6-3-7-19-46/h2-39,50H,1H3. The zero-order chi connectivity index (χ0) is 40.0. The molecule has 2 aromatic heterocycles. The highest BCUT2D eigenvalue weighted by molar-refractivity contribution is 6.18. The molecule has 10 aromatic rings. The van der Waals surface area contributed by atoms with Crippen molar-refractivity contribution in [3.05, 3.63) is 230 Å². The number of hydrogen-bond donors (Lipinski definition) is 0. The van der Waals surface area contributed by atoms with Crippen LogP contribution in [0.5, 0.6) is 0 Å². The fourth-order valence-electron chi connectivity index (χ4n) is 9.09. The predicted molar refractivity (Wildman–Crippen MR) is 252 cm³/mol. The Hall–Kier alpha value is -7.62. The molecule has 286 valence electrons. The molecule has 0 saturated carbocycles. The number of rotatable bonds is 8. The van der Waals surface area contributed by atoms with Gasteiger partial charge in [-0.25, -0.2) is 0 Å². The van der Waals surface area contributed by atoms with Crippen molar-refractivity contribution in [3.8, 4) is 39.1 Å². The first-order valence-corrected chi connectivity index (χ1v) is 20.8. The number of hydrogen-bond acceptors (Lipinski definition) is 2. The highest BCUT2D eigenvalue weighted by atomic mass is 16.3. The maximum Gasteiger partial charge on any atom is 0.161 e. The smallest absolute Gasteiger partial charge is 0.161 e. The van der Waals surface area contributed by atoms with Crippen molar-refractivity contribution in [1.29, 1.82) is 0 Å². The Labute approximate surface area is 350 Å². The maximum atomic E-state index is 6.88. The zero-order valence-corrected chi connectivity index (χ0v) is 33.3. The van der Waals surface area contributed by atoms with E-state index in [2.05, 4.69) is 241 Å². The summed E-state index contributed by atoms with van der Waals surface area (Å²) in [5.74, 6) is 0.900. The van der Waals surface area contributed by atoms with Gasteiger partial charge in [0, 0.05) is 45.0 Å². The third kappa shape index (κ3) is 6.23. The van der Waals surface area contributed by atoms with Gasteiger partial charge in [0.05, 0.1) is 5.52 Å². The number of aromatic nitrogens is 1. The van der Waals surface area contributed by atoms with Crippen molar-refractivity contribution < 1.29 is 4.42 Å². The van der Waals surface area contributed by atoms with Gasteiger partial charge in [-0.15, -0.1) is 0 Å². The van der Waals surface area contributed by atoms with Gasteiger partial charge in [-0.1, -0.05) is 165 Å². The number of para-hydroxylation sites is 3. The van der Waals surface area contributed by atoms with E-state index in [0.717, 1.165) is 66.8 Å². The van der Waals surface area contributed by atoms with Crippen LogP contribution in [0.4, 0.5) is 17.1 Å². The second-order valence-electron chi connectivity index (χ2n) is 15.8. The van der Waals surface area contributed by atoms with Crippen molar-refractivity contribution in [1.82, 2.24) is 4.57 Å². The molecule has 2 unspecified atom stereocenters. The van der Waals surface area contributed by atoms with Crippen LogP contribution in [0, 0.1) is 5.92 Å². The molecule has 0 saturated heterocycles. The fourth-order valence-corrected chi connectivity index (χ4v) is 9.09. The van der Waals surface area contributed by atoms with E-state index in [9.17, 15) is 0 Å². The topological polar surface area (TPSA) is 21.3 Å². The van der Waals surface area contributed by atoms with E-state index in [1.165, 1.54) is 27.8 Å². The minimum Gasteiger partial charge on any atom is -0.453 e. The van der Waals surface area contributed by atoms with Gasteiger partial charge >= 0.3 is 0 Å². The van der Waals surface area contributed by atoms with Crippen LogP contribution in [0.1, 0.15) is 18.4 Å². The zero-order valence-electron chi connectivity index (χ0n) is 33.3. The van der Waals surface area contributed by atoms with Gasteiger partial charge in [0.1, 0.15) is 11.1 Å². The monoisotopic (exact) mass is 770 g/mol. The first kappa shape index (κ1) is 35.5. The van der Waals surface area contributed by atoms with Crippen molar-refractivity contribution in [2.75, 3.05) is 4.90 Å². The second-order valence-corrected chi connectivity index (χ2v) is 15.8. The van der Waals surface area contributed by atoms with Gasteiger partial charge in [0.2, 0.25) is 0 Å². The van der Waals surface area contributed by atoms with Crippen LogP contribution in [0.2, 0.25) is 0 Å². The molecule has 3 heteroatoms. The molecule has 2 heterocycles. The lowest BCUT2D eigenvalue weighted by molar-refractivity contribution is 0.635. The summed E-state index contributed by atoms with van der Waals surface area (Å²) in [7, 11) is 0. The molecular formula is C57H42N2O. The second kappa shape index (κ2) is 15.0. The highest BCUT2D eigenvalue weighted by Gasteiger charge is 2.22. The molecule has 1 aliphatic rings. The molecule has 0 N–H and O–H groups in total. The molecule has 0 spiro atoms. The average Bonchev–Trinajstić information content (AvgIpc) is 3.86. The third-order valence-corrected chi connectivity index (χ3v) is 12.1. The first-order valence-electron chi connectivity index (χ1n) is 20.8. The van der Waals surface area contributed by atoms with Gasteiger partial charge < -0.3 is 13.9 Å². The fraction of sp³-hybridized carbons (Fsp3) is 0.0526. The normalized spacial score (nSPS) is 14.9. The van der Waals surface area contributed by atoms with Crippen LogP contribution in [0.25, 0.3) is 72.0 Å². The quantitative estimate of drug-likeness (QED) is 0.153. The SMILES string of the molecule is CC1C=CC=CC1c1ccc(-c2ccc(N(c3ccc(-c4cccc5c4oc4c6ccccc6n(-c6ccccc6)c54)cc3)c3cccc(-c4ccccc4)c3)cc2)cc1. The van der Waals surface area contributed by atoms with Gasteiger partial charge in [0.15, 0.2) is 5.58 Å². The van der Waals surface area contributed by atoms with Crippen molar-refractivity contribution in [2.45, 2.75) is 12.8 Å². The van der Waals surface area contributed by atoms with Gasteiger partial charge in [-0.05, 0) is 106 Å². The van der Waals surface area contributed by atoms with E-state index in [1.54, 1.807) is 0 Å². The summed E-state index contributed by atoms with van der Waals surface area (Å²) in [6, 6.07) is 72.0. The van der Waals surface area contributed by atoms with Crippen LogP contribution in [0.15, 0.2) is 229 Å². The minimum atomic E-state index is 0.410. The molecule has 2 atom stereocenters. The van der Waals surface area contributed by atoms with Crippen LogP contribution in [-0.2, 0) is 0 Å². The lowest BCUT2D eigenvalue weighted by atomic mass is 9.84. The molecule has 0 fully saturated rings. The Morgan fingerprint density at radius 1 is 0.450 bits per heavy atom. The number of nitrogens with zero attached hydrogens (tertiary/aromatic N) is 2. The van der Waals surface area contributed by atoms with Crippen molar-refractivity contribution in [2.24, 2.45) is 5.92 Å². The molecular weight excluding hydrogens is 729 g/mol.